The van der Waals surface area contributed by atoms with Crippen LogP contribution in [-0.2, 0) is 4.79 Å². The van der Waals surface area contributed by atoms with Crippen LogP contribution in [-0.4, -0.2) is 59.1 Å². The molecule has 3 fully saturated rings. The second kappa shape index (κ2) is 6.25. The normalized spacial score (nSPS) is 34.6. The quantitative estimate of drug-likeness (QED) is 0.926. The van der Waals surface area contributed by atoms with Crippen LogP contribution in [0.2, 0.25) is 0 Å². The Bertz CT molecular complexity index is 554. The molecule has 4 atom stereocenters. The lowest BCUT2D eigenvalue weighted by atomic mass is 10.1. The summed E-state index contributed by atoms with van der Waals surface area (Å²) in [6.07, 6.45) is 4.01. The standard InChI is InChI=1S/C19H26N2O2/c22-18-8-4-7-17(18)20-9-11-21(12-10-20)19(23)16-13-15(16)14-5-2-1-3-6-14/h1-3,5-6,15-18,22H,4,7-13H2. The first-order chi connectivity index (χ1) is 11.2. The minimum atomic E-state index is -0.164. The van der Waals surface area contributed by atoms with Gasteiger partial charge in [-0.2, -0.15) is 0 Å². The number of benzene rings is 1. The number of amides is 1. The third kappa shape index (κ3) is 3.02. The highest BCUT2D eigenvalue weighted by atomic mass is 16.3. The fraction of sp³-hybridized carbons (Fsp3) is 0.632. The number of nitrogens with zero attached hydrogens (tertiary/aromatic N) is 2. The van der Waals surface area contributed by atoms with Crippen LogP contribution in [0.15, 0.2) is 30.3 Å². The van der Waals surface area contributed by atoms with Crippen LogP contribution in [0.1, 0.15) is 37.2 Å². The molecule has 4 heteroatoms. The first-order valence-corrected chi connectivity index (χ1v) is 9.00. The summed E-state index contributed by atoms with van der Waals surface area (Å²) in [4.78, 5) is 17.1. The molecule has 3 aliphatic rings. The molecule has 0 aromatic heterocycles. The van der Waals surface area contributed by atoms with Crippen LogP contribution >= 0.6 is 0 Å². The van der Waals surface area contributed by atoms with Gasteiger partial charge in [-0.15, -0.1) is 0 Å². The van der Waals surface area contributed by atoms with Crippen molar-refractivity contribution in [2.24, 2.45) is 5.92 Å². The Kier molecular flexibility index (Phi) is 4.12. The average Bonchev–Trinajstić information content (AvgIpc) is 3.29. The number of aliphatic hydroxyl groups excluding tert-OH is 1. The number of carbonyl (C=O) groups excluding carboxylic acids is 1. The van der Waals surface area contributed by atoms with Gasteiger partial charge in [0.25, 0.3) is 0 Å². The molecule has 1 heterocycles. The van der Waals surface area contributed by atoms with Gasteiger partial charge in [-0.05, 0) is 37.2 Å². The molecule has 1 aromatic rings. The summed E-state index contributed by atoms with van der Waals surface area (Å²) in [5, 5.41) is 10.1. The topological polar surface area (TPSA) is 43.8 Å². The van der Waals surface area contributed by atoms with Gasteiger partial charge in [0, 0.05) is 38.1 Å². The molecular formula is C19H26N2O2. The van der Waals surface area contributed by atoms with Crippen molar-refractivity contribution in [3.63, 3.8) is 0 Å². The van der Waals surface area contributed by atoms with Crippen LogP contribution in [0.5, 0.6) is 0 Å². The molecule has 1 aromatic carbocycles. The number of piperazine rings is 1. The maximum absolute atomic E-state index is 12.7. The summed E-state index contributed by atoms with van der Waals surface area (Å²) in [5.74, 6) is 0.963. The zero-order valence-corrected chi connectivity index (χ0v) is 13.6. The van der Waals surface area contributed by atoms with Gasteiger partial charge in [0.1, 0.15) is 0 Å². The number of hydrogen-bond acceptors (Lipinski definition) is 3. The Hall–Kier alpha value is -1.39. The summed E-state index contributed by atoms with van der Waals surface area (Å²) in [7, 11) is 0. The fourth-order valence-electron chi connectivity index (χ4n) is 4.39. The van der Waals surface area contributed by atoms with Gasteiger partial charge in [-0.25, -0.2) is 0 Å². The Labute approximate surface area is 138 Å². The van der Waals surface area contributed by atoms with Gasteiger partial charge in [-0.3, -0.25) is 9.69 Å². The van der Waals surface area contributed by atoms with Crippen LogP contribution in [0.3, 0.4) is 0 Å². The van der Waals surface area contributed by atoms with Gasteiger partial charge >= 0.3 is 0 Å². The van der Waals surface area contributed by atoms with E-state index in [-0.39, 0.29) is 12.0 Å². The molecule has 1 saturated heterocycles. The van der Waals surface area contributed by atoms with Crippen molar-refractivity contribution in [3.8, 4) is 0 Å². The number of rotatable bonds is 3. The molecular weight excluding hydrogens is 288 g/mol. The molecule has 0 spiro atoms. The summed E-state index contributed by atoms with van der Waals surface area (Å²) in [5.41, 5.74) is 1.30. The summed E-state index contributed by atoms with van der Waals surface area (Å²) in [6.45, 7) is 3.46. The zero-order chi connectivity index (χ0) is 15.8. The lowest BCUT2D eigenvalue weighted by Gasteiger charge is -2.39. The van der Waals surface area contributed by atoms with E-state index in [0.29, 0.717) is 17.9 Å². The molecule has 1 N–H and O–H groups in total. The molecule has 23 heavy (non-hydrogen) atoms. The average molecular weight is 314 g/mol. The van der Waals surface area contributed by atoms with E-state index in [2.05, 4.69) is 29.2 Å². The lowest BCUT2D eigenvalue weighted by molar-refractivity contribution is -0.135. The first kappa shape index (κ1) is 15.2. The molecule has 1 amide bonds. The SMILES string of the molecule is O=C(C1CC1c1ccccc1)N1CCN(C2CCCC2O)CC1. The smallest absolute Gasteiger partial charge is 0.226 e. The first-order valence-electron chi connectivity index (χ1n) is 9.00. The van der Waals surface area contributed by atoms with Crippen LogP contribution in [0.25, 0.3) is 0 Å². The maximum atomic E-state index is 12.7. The minimum absolute atomic E-state index is 0.164. The Morgan fingerprint density at radius 3 is 2.43 bits per heavy atom. The molecule has 1 aliphatic heterocycles. The summed E-state index contributed by atoms with van der Waals surface area (Å²) in [6, 6.07) is 10.7. The predicted octanol–water partition coefficient (Wildman–Crippen LogP) is 1.85. The van der Waals surface area contributed by atoms with E-state index in [1.54, 1.807) is 0 Å². The largest absolute Gasteiger partial charge is 0.391 e. The number of hydrogen-bond donors (Lipinski definition) is 1. The monoisotopic (exact) mass is 314 g/mol. The molecule has 4 unspecified atom stereocenters. The van der Waals surface area contributed by atoms with Gasteiger partial charge in [0.05, 0.1) is 6.10 Å². The highest BCUT2D eigenvalue weighted by molar-refractivity contribution is 5.83. The van der Waals surface area contributed by atoms with Crippen molar-refractivity contribution in [2.45, 2.75) is 43.7 Å². The summed E-state index contributed by atoms with van der Waals surface area (Å²) < 4.78 is 0. The van der Waals surface area contributed by atoms with Crippen molar-refractivity contribution in [2.75, 3.05) is 26.2 Å². The summed E-state index contributed by atoms with van der Waals surface area (Å²) >= 11 is 0. The fourth-order valence-corrected chi connectivity index (χ4v) is 4.39. The highest BCUT2D eigenvalue weighted by Crippen LogP contribution is 2.48. The predicted molar refractivity (Wildman–Crippen MR) is 89.1 cm³/mol. The molecule has 4 nitrogen and oxygen atoms in total. The minimum Gasteiger partial charge on any atom is -0.391 e. The van der Waals surface area contributed by atoms with E-state index in [0.717, 1.165) is 51.9 Å². The van der Waals surface area contributed by atoms with E-state index in [1.807, 2.05) is 11.0 Å². The van der Waals surface area contributed by atoms with Gasteiger partial charge in [-0.1, -0.05) is 30.3 Å². The van der Waals surface area contributed by atoms with Crippen molar-refractivity contribution >= 4 is 5.91 Å². The molecule has 124 valence electrons. The van der Waals surface area contributed by atoms with Crippen LogP contribution < -0.4 is 0 Å². The zero-order valence-electron chi connectivity index (χ0n) is 13.6. The maximum Gasteiger partial charge on any atom is 0.226 e. The van der Waals surface area contributed by atoms with Gasteiger partial charge in [0.2, 0.25) is 5.91 Å². The van der Waals surface area contributed by atoms with Gasteiger partial charge in [0.15, 0.2) is 0 Å². The van der Waals surface area contributed by atoms with Gasteiger partial charge < -0.3 is 10.0 Å². The van der Waals surface area contributed by atoms with Crippen molar-refractivity contribution in [1.29, 1.82) is 0 Å². The Balaban J connectivity index is 1.30. The molecule has 2 saturated carbocycles. The van der Waals surface area contributed by atoms with Crippen molar-refractivity contribution < 1.29 is 9.90 Å². The van der Waals surface area contributed by atoms with Crippen molar-refractivity contribution in [1.82, 2.24) is 9.80 Å². The number of aliphatic hydroxyl groups is 1. The van der Waals surface area contributed by atoms with E-state index in [9.17, 15) is 9.90 Å². The van der Waals surface area contributed by atoms with Crippen molar-refractivity contribution in [3.05, 3.63) is 35.9 Å². The third-order valence-corrected chi connectivity index (χ3v) is 5.87. The molecule has 0 bridgehead atoms. The van der Waals surface area contributed by atoms with E-state index < -0.39 is 0 Å². The third-order valence-electron chi connectivity index (χ3n) is 5.87. The van der Waals surface area contributed by atoms with E-state index in [1.165, 1.54) is 5.56 Å². The molecule has 0 radical (unpaired) electrons. The van der Waals surface area contributed by atoms with Crippen LogP contribution in [0, 0.1) is 5.92 Å². The van der Waals surface area contributed by atoms with Crippen LogP contribution in [0.4, 0.5) is 0 Å². The molecule has 2 aliphatic carbocycles. The second-order valence-electron chi connectivity index (χ2n) is 7.29. The van der Waals surface area contributed by atoms with E-state index in [4.69, 9.17) is 0 Å². The second-order valence-corrected chi connectivity index (χ2v) is 7.29. The van der Waals surface area contributed by atoms with E-state index >= 15 is 0 Å². The lowest BCUT2D eigenvalue weighted by Crippen LogP contribution is -2.54. The highest BCUT2D eigenvalue weighted by Gasteiger charge is 2.46. The number of carbonyl (C=O) groups is 1. The Morgan fingerprint density at radius 1 is 1.04 bits per heavy atom. The Morgan fingerprint density at radius 2 is 1.78 bits per heavy atom. The molecule has 4 rings (SSSR count).